The van der Waals surface area contributed by atoms with Crippen molar-refractivity contribution in [2.24, 2.45) is 0 Å². The van der Waals surface area contributed by atoms with Gasteiger partial charge in [0.1, 0.15) is 34.4 Å². The van der Waals surface area contributed by atoms with Crippen LogP contribution in [0.2, 0.25) is 0 Å². The smallest absolute Gasteiger partial charge is 0.325 e. The van der Waals surface area contributed by atoms with E-state index in [1.54, 1.807) is 24.0 Å². The second-order valence-electron chi connectivity index (χ2n) is 13.4. The molecule has 12 nitrogen and oxygen atoms in total. The predicted molar refractivity (Wildman–Crippen MR) is 195 cm³/mol. The number of methoxy groups -OCH3 is 4. The van der Waals surface area contributed by atoms with E-state index in [2.05, 4.69) is 0 Å². The molecule has 9 rings (SSSR count). The van der Waals surface area contributed by atoms with E-state index in [-0.39, 0.29) is 49.6 Å². The first-order chi connectivity index (χ1) is 25.3. The summed E-state index contributed by atoms with van der Waals surface area (Å²) in [4.78, 5) is 38.9. The lowest BCUT2D eigenvalue weighted by Crippen LogP contribution is -2.63. The van der Waals surface area contributed by atoms with Crippen molar-refractivity contribution in [1.82, 2.24) is 19.6 Å². The highest BCUT2D eigenvalue weighted by Gasteiger charge is 2.80. The number of carbonyl (C=O) groups excluding carboxylic acids is 2. The first kappa shape index (κ1) is 31.7. The third-order valence-corrected chi connectivity index (χ3v) is 11.4. The Hall–Kier alpha value is -6.30. The molecule has 4 heterocycles. The summed E-state index contributed by atoms with van der Waals surface area (Å²) in [7, 11) is 6.31. The van der Waals surface area contributed by atoms with Crippen LogP contribution in [0.15, 0.2) is 84.9 Å². The van der Waals surface area contributed by atoms with Gasteiger partial charge in [-0.15, -0.1) is 0 Å². The van der Waals surface area contributed by atoms with E-state index in [0.29, 0.717) is 34.1 Å². The second kappa shape index (κ2) is 11.1. The standard InChI is InChI=1S/C40H38N6O6/c1-49-30-17-15-23-16-18-31(50-2)29-22-46-38(48)44-20-27-26(35(51-3)33(41)34(42)36(27)52-4)19-43-37(47)45(21-28(30)32(23)29)40(46,25-13-9-6-10-14-25)39(43,44)24-11-7-5-8-12-24/h5-18H,19-22,41-42H2,1-4H3. The molecular formula is C40H38N6O6. The fraction of sp³-hybridized carbons (Fsp3) is 0.250. The molecule has 0 bridgehead atoms. The highest BCUT2D eigenvalue weighted by molar-refractivity contribution is 5.96. The van der Waals surface area contributed by atoms with Gasteiger partial charge in [-0.3, -0.25) is 19.6 Å². The summed E-state index contributed by atoms with van der Waals surface area (Å²) >= 11 is 0. The van der Waals surface area contributed by atoms with Crippen LogP contribution < -0.4 is 30.4 Å². The predicted octanol–water partition coefficient (Wildman–Crippen LogP) is 5.95. The summed E-state index contributed by atoms with van der Waals surface area (Å²) in [5, 5.41) is 1.82. The highest BCUT2D eigenvalue weighted by atomic mass is 16.5. The third-order valence-electron chi connectivity index (χ3n) is 11.4. The lowest BCUT2D eigenvalue weighted by Gasteiger charge is -2.50. The number of carbonyl (C=O) groups is 2. The Morgan fingerprint density at radius 3 is 1.21 bits per heavy atom. The minimum absolute atomic E-state index is 0.0351. The minimum Gasteiger partial charge on any atom is -0.496 e. The van der Waals surface area contributed by atoms with Crippen LogP contribution >= 0.6 is 0 Å². The van der Waals surface area contributed by atoms with Gasteiger partial charge in [-0.05, 0) is 22.9 Å². The maximum atomic E-state index is 15.8. The molecule has 2 saturated heterocycles. The maximum absolute atomic E-state index is 15.8. The lowest BCUT2D eigenvalue weighted by atomic mass is 9.78. The van der Waals surface area contributed by atoms with Crippen LogP contribution in [0.1, 0.15) is 33.4 Å². The van der Waals surface area contributed by atoms with Crippen LogP contribution in [0.5, 0.6) is 23.0 Å². The zero-order valence-corrected chi connectivity index (χ0v) is 29.3. The lowest BCUT2D eigenvalue weighted by molar-refractivity contribution is -0.0831. The molecule has 5 aromatic rings. The number of urea groups is 2. The first-order valence-corrected chi connectivity index (χ1v) is 17.0. The van der Waals surface area contributed by atoms with Gasteiger partial charge in [0.15, 0.2) is 11.3 Å². The minimum atomic E-state index is -1.43. The van der Waals surface area contributed by atoms with E-state index in [1.165, 1.54) is 14.2 Å². The summed E-state index contributed by atoms with van der Waals surface area (Å²) in [6.45, 7) is 0.309. The number of amides is 4. The number of anilines is 2. The second-order valence-corrected chi connectivity index (χ2v) is 13.4. The fourth-order valence-electron chi connectivity index (χ4n) is 9.49. The van der Waals surface area contributed by atoms with Gasteiger partial charge in [0.25, 0.3) is 0 Å². The molecule has 264 valence electrons. The molecule has 0 aromatic heterocycles. The largest absolute Gasteiger partial charge is 0.496 e. The van der Waals surface area contributed by atoms with Gasteiger partial charge >= 0.3 is 12.1 Å². The zero-order valence-electron chi connectivity index (χ0n) is 29.3. The van der Waals surface area contributed by atoms with Crippen LogP contribution in [0.25, 0.3) is 10.8 Å². The van der Waals surface area contributed by atoms with Gasteiger partial charge in [-0.2, -0.15) is 0 Å². The Morgan fingerprint density at radius 1 is 0.500 bits per heavy atom. The Labute approximate surface area is 300 Å². The SMILES string of the molecule is COc1ccc2ccc(OC)c3c2c1CN1C(=O)N2Cc4c(c(OC)c(N)c(N)c4OC)CN4C(=O)N(C3)C1(c1ccccc1)C24c1ccccc1. The Bertz CT molecular complexity index is 2200. The van der Waals surface area contributed by atoms with Gasteiger partial charge in [0.2, 0.25) is 0 Å². The number of nitrogens with zero attached hydrogens (tertiary/aromatic N) is 4. The molecule has 0 radical (unpaired) electrons. The molecule has 5 aromatic carbocycles. The number of hydrogen-bond donors (Lipinski definition) is 2. The monoisotopic (exact) mass is 698 g/mol. The van der Waals surface area contributed by atoms with Gasteiger partial charge in [0, 0.05) is 33.4 Å². The van der Waals surface area contributed by atoms with Crippen molar-refractivity contribution in [3.63, 3.8) is 0 Å². The topological polar surface area (TPSA) is 136 Å². The molecule has 4 amide bonds. The van der Waals surface area contributed by atoms with Gasteiger partial charge in [-0.25, -0.2) is 9.59 Å². The fourth-order valence-corrected chi connectivity index (χ4v) is 9.49. The molecule has 12 heteroatoms. The molecule has 52 heavy (non-hydrogen) atoms. The summed E-state index contributed by atoms with van der Waals surface area (Å²) in [6, 6.07) is 26.9. The summed E-state index contributed by atoms with van der Waals surface area (Å²) in [6.07, 6.45) is 0. The van der Waals surface area contributed by atoms with Crippen LogP contribution in [-0.4, -0.2) is 60.1 Å². The number of fused-ring (bicyclic) bond motifs is 1. The number of ether oxygens (including phenoxy) is 4. The number of hydrogen-bond acceptors (Lipinski definition) is 8. The molecule has 0 atom stereocenters. The number of nitrogen functional groups attached to an aromatic ring is 2. The van der Waals surface area contributed by atoms with Crippen molar-refractivity contribution in [3.8, 4) is 23.0 Å². The number of benzene rings is 5. The first-order valence-electron chi connectivity index (χ1n) is 17.0. The van der Waals surface area contributed by atoms with E-state index in [1.807, 2.05) is 94.7 Å². The van der Waals surface area contributed by atoms with Crippen molar-refractivity contribution >= 4 is 34.2 Å². The van der Waals surface area contributed by atoms with Gasteiger partial charge in [0.05, 0.1) is 54.6 Å². The van der Waals surface area contributed by atoms with Crippen molar-refractivity contribution in [2.75, 3.05) is 39.9 Å². The maximum Gasteiger partial charge on any atom is 0.325 e. The highest BCUT2D eigenvalue weighted by Crippen LogP contribution is 2.66. The van der Waals surface area contributed by atoms with Crippen molar-refractivity contribution in [2.45, 2.75) is 37.5 Å². The quantitative estimate of drug-likeness (QED) is 0.208. The van der Waals surface area contributed by atoms with Crippen molar-refractivity contribution < 1.29 is 28.5 Å². The Balaban J connectivity index is 1.46. The normalized spacial score (nSPS) is 21.4. The molecule has 2 fully saturated rings. The van der Waals surface area contributed by atoms with E-state index in [0.717, 1.165) is 33.0 Å². The zero-order chi connectivity index (χ0) is 36.1. The molecule has 4 aliphatic rings. The van der Waals surface area contributed by atoms with E-state index < -0.39 is 11.3 Å². The third kappa shape index (κ3) is 3.60. The number of nitrogens with two attached hydrogens (primary N) is 2. The van der Waals surface area contributed by atoms with E-state index in [9.17, 15) is 0 Å². The molecule has 0 unspecified atom stereocenters. The average Bonchev–Trinajstić information content (AvgIpc) is 3.40. The Morgan fingerprint density at radius 2 is 0.865 bits per heavy atom. The molecule has 4 N–H and O–H groups in total. The van der Waals surface area contributed by atoms with Crippen molar-refractivity contribution in [1.29, 1.82) is 0 Å². The van der Waals surface area contributed by atoms with Crippen LogP contribution in [0, 0.1) is 0 Å². The molecule has 4 aliphatic heterocycles. The molecule has 0 aliphatic carbocycles. The number of rotatable bonds is 6. The van der Waals surface area contributed by atoms with Gasteiger partial charge in [-0.1, -0.05) is 72.8 Å². The summed E-state index contributed by atoms with van der Waals surface area (Å²) in [5.41, 5.74) is 15.2. The van der Waals surface area contributed by atoms with E-state index >= 15 is 9.59 Å². The van der Waals surface area contributed by atoms with Gasteiger partial charge < -0.3 is 30.4 Å². The summed E-state index contributed by atoms with van der Waals surface area (Å²) < 4.78 is 23.9. The van der Waals surface area contributed by atoms with Crippen molar-refractivity contribution in [3.05, 3.63) is 118 Å². The molecule has 0 saturated carbocycles. The van der Waals surface area contributed by atoms with Crippen LogP contribution in [-0.2, 0) is 37.5 Å². The average molecular weight is 699 g/mol. The Kier molecular flexibility index (Phi) is 6.76. The van der Waals surface area contributed by atoms with E-state index in [4.69, 9.17) is 30.4 Å². The summed E-state index contributed by atoms with van der Waals surface area (Å²) in [5.74, 6) is 1.94. The van der Waals surface area contributed by atoms with Crippen LogP contribution in [0.3, 0.4) is 0 Å². The molecular weight excluding hydrogens is 660 g/mol. The molecule has 0 spiro atoms. The van der Waals surface area contributed by atoms with Crippen LogP contribution in [0.4, 0.5) is 21.0 Å².